The lowest BCUT2D eigenvalue weighted by molar-refractivity contribution is -0.120. The Morgan fingerprint density at radius 1 is 1.22 bits per heavy atom. The first-order valence-electron chi connectivity index (χ1n) is 11.5. The zero-order valence-electron chi connectivity index (χ0n) is 18.5. The highest BCUT2D eigenvalue weighted by molar-refractivity contribution is 8.00. The number of benzene rings is 1. The second-order valence-electron chi connectivity index (χ2n) is 8.48. The first-order chi connectivity index (χ1) is 15.4. The highest BCUT2D eigenvalue weighted by atomic mass is 32.2. The van der Waals surface area contributed by atoms with Gasteiger partial charge in [0, 0.05) is 19.6 Å². The Hall–Kier alpha value is -1.84. The fourth-order valence-corrected chi connectivity index (χ4v) is 6.50. The summed E-state index contributed by atoms with van der Waals surface area (Å²) in [5.74, 6) is -0.0537. The zero-order valence-corrected chi connectivity index (χ0v) is 20.1. The Bertz CT molecular complexity index is 1090. The van der Waals surface area contributed by atoms with Gasteiger partial charge in [-0.2, -0.15) is 4.31 Å². The predicted octanol–water partition coefficient (Wildman–Crippen LogP) is 4.49. The molecule has 1 aliphatic heterocycles. The van der Waals surface area contributed by atoms with Crippen LogP contribution in [0.4, 0.5) is 0 Å². The van der Waals surface area contributed by atoms with Gasteiger partial charge in [-0.3, -0.25) is 4.79 Å². The maximum Gasteiger partial charge on any atom is 0.257 e. The lowest BCUT2D eigenvalue weighted by atomic mass is 9.97. The minimum atomic E-state index is -3.52. The summed E-state index contributed by atoms with van der Waals surface area (Å²) in [5.41, 5.74) is 2.44. The molecule has 2 heterocycles. The summed E-state index contributed by atoms with van der Waals surface area (Å²) in [7, 11) is -3.52. The van der Waals surface area contributed by atoms with Crippen LogP contribution in [-0.4, -0.2) is 48.5 Å². The smallest absolute Gasteiger partial charge is 0.257 e. The summed E-state index contributed by atoms with van der Waals surface area (Å²) in [6, 6.07) is 4.78. The normalized spacial score (nSPS) is 19.0. The van der Waals surface area contributed by atoms with Crippen LogP contribution in [-0.2, 0) is 14.8 Å². The second-order valence-corrected chi connectivity index (χ2v) is 11.7. The van der Waals surface area contributed by atoms with E-state index >= 15 is 0 Å². The quantitative estimate of drug-likeness (QED) is 0.445. The van der Waals surface area contributed by atoms with Crippen molar-refractivity contribution in [2.24, 2.45) is 0 Å². The number of carbonyl (C=O) groups excluding carboxylic acids is 1. The van der Waals surface area contributed by atoms with Crippen molar-refractivity contribution < 1.29 is 17.6 Å². The summed E-state index contributed by atoms with van der Waals surface area (Å²) in [4.78, 5) is 17.1. The number of oxazole rings is 1. The molecule has 7 nitrogen and oxygen atoms in total. The van der Waals surface area contributed by atoms with Gasteiger partial charge in [0.1, 0.15) is 5.52 Å². The van der Waals surface area contributed by atoms with Crippen molar-refractivity contribution in [1.29, 1.82) is 0 Å². The molecule has 2 aliphatic rings. The van der Waals surface area contributed by atoms with E-state index in [4.69, 9.17) is 4.42 Å². The molecule has 0 unspecified atom stereocenters. The molecule has 0 spiro atoms. The summed E-state index contributed by atoms with van der Waals surface area (Å²) >= 11 is 1.24. The van der Waals surface area contributed by atoms with Crippen LogP contribution in [0.5, 0.6) is 0 Å². The van der Waals surface area contributed by atoms with Gasteiger partial charge in [-0.1, -0.05) is 29.8 Å². The molecule has 9 heteroatoms. The van der Waals surface area contributed by atoms with Crippen LogP contribution in [0.15, 0.2) is 44.4 Å². The van der Waals surface area contributed by atoms with Crippen molar-refractivity contribution in [3.8, 4) is 0 Å². The van der Waals surface area contributed by atoms with Crippen molar-refractivity contribution in [3.63, 3.8) is 0 Å². The number of aromatic nitrogens is 1. The predicted molar refractivity (Wildman–Crippen MR) is 126 cm³/mol. The van der Waals surface area contributed by atoms with Crippen molar-refractivity contribution in [1.82, 2.24) is 14.6 Å². The van der Waals surface area contributed by atoms with E-state index in [0.29, 0.717) is 36.0 Å². The number of thioether (sulfide) groups is 1. The summed E-state index contributed by atoms with van der Waals surface area (Å²) < 4.78 is 33.2. The highest BCUT2D eigenvalue weighted by Crippen LogP contribution is 2.29. The van der Waals surface area contributed by atoms with Crippen LogP contribution < -0.4 is 5.32 Å². The summed E-state index contributed by atoms with van der Waals surface area (Å²) in [6.45, 7) is 3.58. The largest absolute Gasteiger partial charge is 0.431 e. The summed E-state index contributed by atoms with van der Waals surface area (Å²) in [6.07, 6.45) is 10.8. The van der Waals surface area contributed by atoms with E-state index in [1.54, 1.807) is 22.5 Å². The van der Waals surface area contributed by atoms with Gasteiger partial charge in [0.05, 0.1) is 10.1 Å². The molecule has 1 aromatic heterocycles. The van der Waals surface area contributed by atoms with E-state index in [0.717, 1.165) is 38.5 Å². The Morgan fingerprint density at radius 3 is 2.78 bits per heavy atom. The van der Waals surface area contributed by atoms with Crippen LogP contribution in [0.1, 0.15) is 58.3 Å². The number of piperidine rings is 1. The first-order valence-corrected chi connectivity index (χ1v) is 13.8. The number of nitrogens with one attached hydrogen (secondary N) is 1. The molecule has 1 aliphatic carbocycles. The van der Waals surface area contributed by atoms with Gasteiger partial charge in [-0.15, -0.1) is 0 Å². The van der Waals surface area contributed by atoms with Crippen LogP contribution in [0, 0.1) is 0 Å². The molecule has 1 aromatic carbocycles. The molecule has 4 rings (SSSR count). The van der Waals surface area contributed by atoms with Crippen molar-refractivity contribution in [3.05, 3.63) is 29.8 Å². The van der Waals surface area contributed by atoms with Gasteiger partial charge in [-0.05, 0) is 70.1 Å². The first kappa shape index (κ1) is 23.3. The Kier molecular flexibility index (Phi) is 7.58. The molecule has 2 aromatic rings. The molecule has 0 radical (unpaired) electrons. The standard InChI is InChI=1S/C23H31N3O4S2/c1-17(22(27)24-13-12-18-8-4-2-5-9-18)31-23-25-20-16-19(10-11-21(20)30-23)32(28,29)26-14-6-3-7-15-26/h8,10-11,16-17H,2-7,9,12-15H2,1H3,(H,24,27)/t17-/m1/s1. The van der Waals surface area contributed by atoms with Crippen molar-refractivity contribution >= 4 is 38.8 Å². The monoisotopic (exact) mass is 477 g/mol. The molecule has 0 bridgehead atoms. The number of nitrogens with zero attached hydrogens (tertiary/aromatic N) is 2. The summed E-state index contributed by atoms with van der Waals surface area (Å²) in [5, 5.41) is 3.00. The Labute approximate surface area is 194 Å². The maximum atomic E-state index is 12.9. The molecular formula is C23H31N3O4S2. The van der Waals surface area contributed by atoms with Gasteiger partial charge in [-0.25, -0.2) is 13.4 Å². The number of rotatable bonds is 8. The fraction of sp³-hybridized carbons (Fsp3) is 0.565. The number of fused-ring (bicyclic) bond motifs is 1. The van der Waals surface area contributed by atoms with Gasteiger partial charge in [0.2, 0.25) is 15.9 Å². The minimum Gasteiger partial charge on any atom is -0.431 e. The lowest BCUT2D eigenvalue weighted by Gasteiger charge is -2.25. The van der Waals surface area contributed by atoms with Crippen molar-refractivity contribution in [2.45, 2.75) is 73.7 Å². The fourth-order valence-electron chi connectivity index (χ4n) is 4.18. The van der Waals surface area contributed by atoms with E-state index in [1.807, 2.05) is 6.92 Å². The van der Waals surface area contributed by atoms with Crippen molar-refractivity contribution in [2.75, 3.05) is 19.6 Å². The Morgan fingerprint density at radius 2 is 2.03 bits per heavy atom. The maximum absolute atomic E-state index is 12.9. The van der Waals surface area contributed by atoms with E-state index in [9.17, 15) is 13.2 Å². The van der Waals surface area contributed by atoms with E-state index in [-0.39, 0.29) is 16.1 Å². The van der Waals surface area contributed by atoms with Crippen LogP contribution >= 0.6 is 11.8 Å². The average Bonchev–Trinajstić information content (AvgIpc) is 3.21. The molecule has 32 heavy (non-hydrogen) atoms. The average molecular weight is 478 g/mol. The number of carbonyl (C=O) groups is 1. The van der Waals surface area contributed by atoms with E-state index < -0.39 is 10.0 Å². The molecule has 1 N–H and O–H groups in total. The lowest BCUT2D eigenvalue weighted by Crippen LogP contribution is -2.35. The Balaban J connectivity index is 1.37. The minimum absolute atomic E-state index is 0.0537. The number of hydrogen-bond donors (Lipinski definition) is 1. The second kappa shape index (κ2) is 10.4. The van der Waals surface area contributed by atoms with Crippen LogP contribution in [0.3, 0.4) is 0 Å². The topological polar surface area (TPSA) is 92.5 Å². The third kappa shape index (κ3) is 5.55. The molecule has 0 saturated carbocycles. The van der Waals surface area contributed by atoms with E-state index in [1.165, 1.54) is 30.2 Å². The van der Waals surface area contributed by atoms with Gasteiger partial charge < -0.3 is 9.73 Å². The number of allylic oxidation sites excluding steroid dienone is 1. The van der Waals surface area contributed by atoms with Gasteiger partial charge >= 0.3 is 0 Å². The van der Waals surface area contributed by atoms with Crippen LogP contribution in [0.2, 0.25) is 0 Å². The molecule has 1 atom stereocenters. The number of hydrogen-bond acceptors (Lipinski definition) is 6. The number of sulfonamides is 1. The van der Waals surface area contributed by atoms with Gasteiger partial charge in [0.15, 0.2) is 5.58 Å². The molecular weight excluding hydrogens is 446 g/mol. The molecule has 1 fully saturated rings. The molecule has 1 amide bonds. The van der Waals surface area contributed by atoms with Crippen LogP contribution in [0.25, 0.3) is 11.1 Å². The highest BCUT2D eigenvalue weighted by Gasteiger charge is 2.27. The zero-order chi connectivity index (χ0) is 22.6. The number of amides is 1. The van der Waals surface area contributed by atoms with Gasteiger partial charge in [0.25, 0.3) is 5.22 Å². The molecule has 174 valence electrons. The third-order valence-corrected chi connectivity index (χ3v) is 8.91. The molecule has 1 saturated heterocycles. The SMILES string of the molecule is C[C@@H](Sc1nc2cc(S(=O)(=O)N3CCCCC3)ccc2o1)C(=O)NCCC1=CCCCC1. The van der Waals surface area contributed by atoms with E-state index in [2.05, 4.69) is 16.4 Å². The third-order valence-electron chi connectivity index (χ3n) is 6.07.